The fourth-order valence-corrected chi connectivity index (χ4v) is 2.76. The van der Waals surface area contributed by atoms with Gasteiger partial charge in [0.25, 0.3) is 0 Å². The van der Waals surface area contributed by atoms with Crippen LogP contribution in [0.15, 0.2) is 54.6 Å². The Morgan fingerprint density at radius 3 is 2.52 bits per heavy atom. The number of rotatable bonds is 8. The standard InChI is InChI=1S/C20H21ClN4O2/c1-26-11-10-22-20-24-17(14-6-4-3-5-7-14)13-19(25-20)23-15-8-9-18(27-2)16(21)12-15/h3-9,12-13H,10-11H2,1-2H3,(H2,22,23,24,25). The maximum atomic E-state index is 6.21. The average Bonchev–Trinajstić information content (AvgIpc) is 2.69. The largest absolute Gasteiger partial charge is 0.495 e. The van der Waals surface area contributed by atoms with Gasteiger partial charge in [-0.2, -0.15) is 4.98 Å². The molecule has 1 aromatic heterocycles. The number of nitrogens with zero attached hydrogens (tertiary/aromatic N) is 2. The lowest BCUT2D eigenvalue weighted by Crippen LogP contribution is -2.11. The van der Waals surface area contributed by atoms with Crippen LogP contribution in [0.5, 0.6) is 5.75 Å². The highest BCUT2D eigenvalue weighted by Gasteiger charge is 2.08. The number of ether oxygens (including phenoxy) is 2. The van der Waals surface area contributed by atoms with Crippen LogP contribution >= 0.6 is 11.6 Å². The molecule has 140 valence electrons. The van der Waals surface area contributed by atoms with E-state index in [2.05, 4.69) is 20.6 Å². The summed E-state index contributed by atoms with van der Waals surface area (Å²) in [7, 11) is 3.24. The lowest BCUT2D eigenvalue weighted by atomic mass is 10.1. The number of anilines is 3. The summed E-state index contributed by atoms with van der Waals surface area (Å²) in [6.07, 6.45) is 0. The Kier molecular flexibility index (Phi) is 6.46. The molecular weight excluding hydrogens is 364 g/mol. The Hall–Kier alpha value is -2.83. The van der Waals surface area contributed by atoms with Gasteiger partial charge in [0.2, 0.25) is 5.95 Å². The molecule has 0 saturated carbocycles. The molecule has 0 atom stereocenters. The fourth-order valence-electron chi connectivity index (χ4n) is 2.50. The predicted octanol–water partition coefficient (Wildman–Crippen LogP) is 4.61. The lowest BCUT2D eigenvalue weighted by molar-refractivity contribution is 0.210. The van der Waals surface area contributed by atoms with Crippen LogP contribution in [0.25, 0.3) is 11.3 Å². The summed E-state index contributed by atoms with van der Waals surface area (Å²) in [5, 5.41) is 6.98. The Bertz CT molecular complexity index is 890. The zero-order chi connectivity index (χ0) is 19.1. The SMILES string of the molecule is COCCNc1nc(Nc2ccc(OC)c(Cl)c2)cc(-c2ccccc2)n1. The third-order valence-electron chi connectivity index (χ3n) is 3.81. The molecule has 0 fully saturated rings. The van der Waals surface area contributed by atoms with Gasteiger partial charge >= 0.3 is 0 Å². The Balaban J connectivity index is 1.90. The van der Waals surface area contributed by atoms with Gasteiger partial charge in [0.1, 0.15) is 11.6 Å². The second kappa shape index (κ2) is 9.21. The van der Waals surface area contributed by atoms with Gasteiger partial charge in [-0.3, -0.25) is 0 Å². The molecule has 2 N–H and O–H groups in total. The van der Waals surface area contributed by atoms with Gasteiger partial charge in [0, 0.05) is 31.0 Å². The van der Waals surface area contributed by atoms with Gasteiger partial charge in [0.05, 0.1) is 24.4 Å². The van der Waals surface area contributed by atoms with E-state index in [0.29, 0.717) is 35.7 Å². The zero-order valence-electron chi connectivity index (χ0n) is 15.2. The molecule has 0 aliphatic heterocycles. The second-order valence-corrected chi connectivity index (χ2v) is 6.13. The normalized spacial score (nSPS) is 10.5. The van der Waals surface area contributed by atoms with E-state index in [1.807, 2.05) is 48.5 Å². The van der Waals surface area contributed by atoms with Crippen LogP contribution in [-0.4, -0.2) is 37.3 Å². The molecule has 27 heavy (non-hydrogen) atoms. The van der Waals surface area contributed by atoms with E-state index in [-0.39, 0.29) is 0 Å². The Morgan fingerprint density at radius 1 is 1.00 bits per heavy atom. The van der Waals surface area contributed by atoms with Crippen molar-refractivity contribution in [2.24, 2.45) is 0 Å². The van der Waals surface area contributed by atoms with Crippen molar-refractivity contribution in [2.75, 3.05) is 38.0 Å². The zero-order valence-corrected chi connectivity index (χ0v) is 16.0. The van der Waals surface area contributed by atoms with E-state index in [9.17, 15) is 0 Å². The van der Waals surface area contributed by atoms with Crippen LogP contribution in [0.2, 0.25) is 5.02 Å². The van der Waals surface area contributed by atoms with E-state index >= 15 is 0 Å². The van der Waals surface area contributed by atoms with Crippen molar-refractivity contribution in [2.45, 2.75) is 0 Å². The first-order chi connectivity index (χ1) is 13.2. The molecule has 0 radical (unpaired) electrons. The van der Waals surface area contributed by atoms with Gasteiger partial charge in [-0.1, -0.05) is 41.9 Å². The van der Waals surface area contributed by atoms with Crippen molar-refractivity contribution in [3.8, 4) is 17.0 Å². The molecule has 0 aliphatic carbocycles. The van der Waals surface area contributed by atoms with Gasteiger partial charge in [-0.25, -0.2) is 4.98 Å². The van der Waals surface area contributed by atoms with Gasteiger partial charge in [-0.15, -0.1) is 0 Å². The molecule has 3 rings (SSSR count). The Labute approximate surface area is 163 Å². The molecule has 6 nitrogen and oxygen atoms in total. The number of methoxy groups -OCH3 is 2. The van der Waals surface area contributed by atoms with Gasteiger partial charge in [0.15, 0.2) is 0 Å². The summed E-state index contributed by atoms with van der Waals surface area (Å²) in [6, 6.07) is 17.3. The number of nitrogens with one attached hydrogen (secondary N) is 2. The maximum absolute atomic E-state index is 6.21. The minimum atomic E-state index is 0.524. The first kappa shape index (κ1) is 18.9. The molecule has 2 aromatic carbocycles. The minimum Gasteiger partial charge on any atom is -0.495 e. The summed E-state index contributed by atoms with van der Waals surface area (Å²) in [4.78, 5) is 9.13. The third-order valence-corrected chi connectivity index (χ3v) is 4.10. The summed E-state index contributed by atoms with van der Waals surface area (Å²) in [5.74, 6) is 1.80. The van der Waals surface area contributed by atoms with E-state index in [4.69, 9.17) is 21.1 Å². The molecule has 0 bridgehead atoms. The van der Waals surface area contributed by atoms with E-state index in [0.717, 1.165) is 16.9 Å². The molecule has 0 saturated heterocycles. The van der Waals surface area contributed by atoms with Crippen molar-refractivity contribution in [3.05, 3.63) is 59.6 Å². The number of benzene rings is 2. The maximum Gasteiger partial charge on any atom is 0.225 e. The summed E-state index contributed by atoms with van der Waals surface area (Å²) in [6.45, 7) is 1.18. The highest BCUT2D eigenvalue weighted by molar-refractivity contribution is 6.32. The van der Waals surface area contributed by atoms with E-state index in [1.54, 1.807) is 20.3 Å². The van der Waals surface area contributed by atoms with Gasteiger partial charge in [-0.05, 0) is 18.2 Å². The number of halogens is 1. The number of aromatic nitrogens is 2. The van der Waals surface area contributed by atoms with Crippen LogP contribution in [0.1, 0.15) is 0 Å². The topological polar surface area (TPSA) is 68.3 Å². The summed E-state index contributed by atoms with van der Waals surface area (Å²) in [5.41, 5.74) is 2.62. The molecular formula is C20H21ClN4O2. The van der Waals surface area contributed by atoms with Crippen molar-refractivity contribution in [1.82, 2.24) is 9.97 Å². The van der Waals surface area contributed by atoms with Gasteiger partial charge < -0.3 is 20.1 Å². The van der Waals surface area contributed by atoms with Crippen LogP contribution in [-0.2, 0) is 4.74 Å². The first-order valence-electron chi connectivity index (χ1n) is 8.47. The molecule has 0 aliphatic rings. The molecule has 1 heterocycles. The van der Waals surface area contributed by atoms with Crippen molar-refractivity contribution >= 4 is 29.1 Å². The highest BCUT2D eigenvalue weighted by Crippen LogP contribution is 2.29. The molecule has 0 unspecified atom stereocenters. The van der Waals surface area contributed by atoms with Crippen LogP contribution in [0.4, 0.5) is 17.5 Å². The highest BCUT2D eigenvalue weighted by atomic mass is 35.5. The van der Waals surface area contributed by atoms with Crippen LogP contribution in [0.3, 0.4) is 0 Å². The summed E-state index contributed by atoms with van der Waals surface area (Å²) < 4.78 is 10.3. The molecule has 3 aromatic rings. The summed E-state index contributed by atoms with van der Waals surface area (Å²) >= 11 is 6.21. The minimum absolute atomic E-state index is 0.524. The lowest BCUT2D eigenvalue weighted by Gasteiger charge is -2.12. The number of hydrogen-bond acceptors (Lipinski definition) is 6. The van der Waals surface area contributed by atoms with Crippen molar-refractivity contribution in [1.29, 1.82) is 0 Å². The molecule has 0 spiro atoms. The predicted molar refractivity (Wildman–Crippen MR) is 109 cm³/mol. The first-order valence-corrected chi connectivity index (χ1v) is 8.85. The van der Waals surface area contributed by atoms with Crippen molar-refractivity contribution < 1.29 is 9.47 Å². The number of hydrogen-bond donors (Lipinski definition) is 2. The Morgan fingerprint density at radius 2 is 1.81 bits per heavy atom. The van der Waals surface area contributed by atoms with E-state index in [1.165, 1.54) is 0 Å². The van der Waals surface area contributed by atoms with Crippen molar-refractivity contribution in [3.63, 3.8) is 0 Å². The monoisotopic (exact) mass is 384 g/mol. The van der Waals surface area contributed by atoms with Crippen LogP contribution < -0.4 is 15.4 Å². The average molecular weight is 385 g/mol. The molecule has 0 amide bonds. The van der Waals surface area contributed by atoms with E-state index < -0.39 is 0 Å². The fraction of sp³-hybridized carbons (Fsp3) is 0.200. The third kappa shape index (κ3) is 5.09. The second-order valence-electron chi connectivity index (χ2n) is 5.72. The molecule has 7 heteroatoms. The van der Waals surface area contributed by atoms with Crippen LogP contribution in [0, 0.1) is 0 Å². The quantitative estimate of drug-likeness (QED) is 0.553. The smallest absolute Gasteiger partial charge is 0.225 e.